The Balaban J connectivity index is 2.74. The van der Waals surface area contributed by atoms with Crippen LogP contribution in [0.2, 0.25) is 0 Å². The molecule has 0 atom stereocenters. The molecule has 0 aliphatic rings. The SMILES string of the molecule is COc1cccc(NC(=O)N(CCO)CC(F)(F)F)c1. The molecule has 112 valence electrons. The first kappa shape index (κ1) is 16.1. The first-order chi connectivity index (χ1) is 9.35. The maximum absolute atomic E-state index is 12.3. The van der Waals surface area contributed by atoms with E-state index in [2.05, 4.69) is 5.32 Å². The van der Waals surface area contributed by atoms with Crippen molar-refractivity contribution in [3.05, 3.63) is 24.3 Å². The number of anilines is 1. The Labute approximate surface area is 113 Å². The summed E-state index contributed by atoms with van der Waals surface area (Å²) in [4.78, 5) is 12.2. The number of nitrogens with one attached hydrogen (secondary N) is 1. The quantitative estimate of drug-likeness (QED) is 0.873. The largest absolute Gasteiger partial charge is 0.497 e. The van der Waals surface area contributed by atoms with Gasteiger partial charge in [-0.05, 0) is 12.1 Å². The minimum Gasteiger partial charge on any atom is -0.497 e. The number of urea groups is 1. The van der Waals surface area contributed by atoms with Gasteiger partial charge in [-0.3, -0.25) is 0 Å². The lowest BCUT2D eigenvalue weighted by Gasteiger charge is -2.23. The van der Waals surface area contributed by atoms with E-state index in [0.29, 0.717) is 16.3 Å². The number of aliphatic hydroxyl groups is 1. The van der Waals surface area contributed by atoms with E-state index in [1.54, 1.807) is 12.1 Å². The number of alkyl halides is 3. The first-order valence-corrected chi connectivity index (χ1v) is 5.73. The van der Waals surface area contributed by atoms with Crippen LogP contribution >= 0.6 is 0 Å². The molecule has 1 aromatic carbocycles. The number of nitrogens with zero attached hydrogens (tertiary/aromatic N) is 1. The monoisotopic (exact) mass is 292 g/mol. The molecule has 2 N–H and O–H groups in total. The van der Waals surface area contributed by atoms with Gasteiger partial charge in [0, 0.05) is 18.3 Å². The molecule has 0 aliphatic heterocycles. The second-order valence-corrected chi connectivity index (χ2v) is 3.92. The average Bonchev–Trinajstić information content (AvgIpc) is 2.37. The van der Waals surface area contributed by atoms with Gasteiger partial charge in [0.25, 0.3) is 0 Å². The summed E-state index contributed by atoms with van der Waals surface area (Å²) in [6.07, 6.45) is -4.53. The van der Waals surface area contributed by atoms with E-state index >= 15 is 0 Å². The van der Waals surface area contributed by atoms with E-state index in [-0.39, 0.29) is 0 Å². The van der Waals surface area contributed by atoms with E-state index in [1.807, 2.05) is 0 Å². The lowest BCUT2D eigenvalue weighted by atomic mass is 10.3. The molecule has 0 heterocycles. The van der Waals surface area contributed by atoms with Gasteiger partial charge in [0.2, 0.25) is 0 Å². The fourth-order valence-electron chi connectivity index (χ4n) is 1.49. The Morgan fingerprint density at radius 1 is 1.45 bits per heavy atom. The molecule has 0 fully saturated rings. The van der Waals surface area contributed by atoms with Gasteiger partial charge < -0.3 is 20.1 Å². The van der Waals surface area contributed by atoms with Crippen molar-refractivity contribution in [1.29, 1.82) is 0 Å². The van der Waals surface area contributed by atoms with Gasteiger partial charge in [-0.15, -0.1) is 0 Å². The number of halogens is 3. The van der Waals surface area contributed by atoms with Gasteiger partial charge in [-0.25, -0.2) is 4.79 Å². The molecule has 1 aromatic rings. The predicted octanol–water partition coefficient (Wildman–Crippen LogP) is 2.08. The summed E-state index contributed by atoms with van der Waals surface area (Å²) in [5.74, 6) is 0.465. The molecule has 0 aliphatic carbocycles. The third-order valence-electron chi connectivity index (χ3n) is 2.35. The normalized spacial score (nSPS) is 11.1. The lowest BCUT2D eigenvalue weighted by Crippen LogP contribution is -2.43. The number of amides is 2. The fourth-order valence-corrected chi connectivity index (χ4v) is 1.49. The third-order valence-corrected chi connectivity index (χ3v) is 2.35. The standard InChI is InChI=1S/C12H15F3N2O3/c1-20-10-4-2-3-9(7-10)16-11(19)17(5-6-18)8-12(13,14)15/h2-4,7,18H,5-6,8H2,1H3,(H,16,19). The van der Waals surface area contributed by atoms with Crippen LogP contribution in [0.3, 0.4) is 0 Å². The van der Waals surface area contributed by atoms with Gasteiger partial charge in [0.05, 0.1) is 13.7 Å². The molecule has 8 heteroatoms. The Hall–Kier alpha value is -1.96. The smallest absolute Gasteiger partial charge is 0.406 e. The fraction of sp³-hybridized carbons (Fsp3) is 0.417. The summed E-state index contributed by atoms with van der Waals surface area (Å²) in [6.45, 7) is -2.39. The van der Waals surface area contributed by atoms with Crippen LogP contribution in [0, 0.1) is 0 Å². The Morgan fingerprint density at radius 3 is 2.70 bits per heavy atom. The van der Waals surface area contributed by atoms with Crippen LogP contribution in [0.5, 0.6) is 5.75 Å². The Bertz CT molecular complexity index is 452. The number of carbonyl (C=O) groups excluding carboxylic acids is 1. The minimum absolute atomic E-state index is 0.305. The maximum Gasteiger partial charge on any atom is 0.406 e. The second kappa shape index (κ2) is 6.99. The van der Waals surface area contributed by atoms with Crippen molar-refractivity contribution in [2.75, 3.05) is 32.1 Å². The topological polar surface area (TPSA) is 61.8 Å². The molecule has 0 aromatic heterocycles. The summed E-state index contributed by atoms with van der Waals surface area (Å²) < 4.78 is 41.9. The van der Waals surface area contributed by atoms with Crippen molar-refractivity contribution in [3.63, 3.8) is 0 Å². The number of rotatable bonds is 5. The van der Waals surface area contributed by atoms with Crippen LogP contribution in [0.15, 0.2) is 24.3 Å². The molecular weight excluding hydrogens is 277 g/mol. The first-order valence-electron chi connectivity index (χ1n) is 5.73. The summed E-state index contributed by atoms with van der Waals surface area (Å²) in [7, 11) is 1.43. The van der Waals surface area contributed by atoms with Gasteiger partial charge in [0.1, 0.15) is 12.3 Å². The van der Waals surface area contributed by atoms with Crippen molar-refractivity contribution in [1.82, 2.24) is 4.90 Å². The van der Waals surface area contributed by atoms with Crippen LogP contribution in [0.25, 0.3) is 0 Å². The summed E-state index contributed by atoms with van der Waals surface area (Å²) in [5.41, 5.74) is 0.305. The number of hydrogen-bond acceptors (Lipinski definition) is 3. The zero-order chi connectivity index (χ0) is 15.2. The summed E-state index contributed by atoms with van der Waals surface area (Å²) >= 11 is 0. The molecule has 0 spiro atoms. The van der Waals surface area contributed by atoms with Crippen molar-refractivity contribution in [3.8, 4) is 5.75 Å². The lowest BCUT2D eigenvalue weighted by molar-refractivity contribution is -0.140. The number of benzene rings is 1. The van der Waals surface area contributed by atoms with E-state index in [9.17, 15) is 18.0 Å². The molecule has 0 saturated heterocycles. The van der Waals surface area contributed by atoms with E-state index < -0.39 is 31.9 Å². The molecule has 20 heavy (non-hydrogen) atoms. The van der Waals surface area contributed by atoms with Crippen LogP contribution < -0.4 is 10.1 Å². The maximum atomic E-state index is 12.3. The Kier molecular flexibility index (Phi) is 5.63. The highest BCUT2D eigenvalue weighted by Crippen LogP contribution is 2.19. The van der Waals surface area contributed by atoms with E-state index in [0.717, 1.165) is 0 Å². The molecule has 2 amide bonds. The van der Waals surface area contributed by atoms with Crippen molar-refractivity contribution in [2.45, 2.75) is 6.18 Å². The number of methoxy groups -OCH3 is 1. The van der Waals surface area contributed by atoms with Crippen molar-refractivity contribution >= 4 is 11.7 Å². The van der Waals surface area contributed by atoms with E-state index in [4.69, 9.17) is 9.84 Å². The highest BCUT2D eigenvalue weighted by atomic mass is 19.4. The van der Waals surface area contributed by atoms with E-state index in [1.165, 1.54) is 19.2 Å². The van der Waals surface area contributed by atoms with Crippen molar-refractivity contribution in [2.24, 2.45) is 0 Å². The summed E-state index contributed by atoms with van der Waals surface area (Å²) in [6, 6.07) is 5.28. The number of carbonyl (C=O) groups is 1. The Morgan fingerprint density at radius 2 is 2.15 bits per heavy atom. The highest BCUT2D eigenvalue weighted by molar-refractivity contribution is 5.89. The van der Waals surface area contributed by atoms with Crippen LogP contribution in [-0.4, -0.2) is 49.0 Å². The zero-order valence-corrected chi connectivity index (χ0v) is 10.8. The molecule has 0 bridgehead atoms. The van der Waals surface area contributed by atoms with Gasteiger partial charge in [0.15, 0.2) is 0 Å². The summed E-state index contributed by atoms with van der Waals surface area (Å²) in [5, 5.41) is 11.0. The minimum atomic E-state index is -4.53. The average molecular weight is 292 g/mol. The molecule has 1 rings (SSSR count). The van der Waals surface area contributed by atoms with Gasteiger partial charge in [-0.2, -0.15) is 13.2 Å². The van der Waals surface area contributed by atoms with Crippen LogP contribution in [-0.2, 0) is 0 Å². The predicted molar refractivity (Wildman–Crippen MR) is 66.7 cm³/mol. The second-order valence-electron chi connectivity index (χ2n) is 3.92. The zero-order valence-electron chi connectivity index (χ0n) is 10.8. The van der Waals surface area contributed by atoms with Gasteiger partial charge in [-0.1, -0.05) is 6.07 Å². The number of aliphatic hydroxyl groups excluding tert-OH is 1. The van der Waals surface area contributed by atoms with Crippen LogP contribution in [0.4, 0.5) is 23.7 Å². The molecular formula is C12H15F3N2O3. The van der Waals surface area contributed by atoms with Gasteiger partial charge >= 0.3 is 12.2 Å². The molecule has 0 radical (unpaired) electrons. The van der Waals surface area contributed by atoms with Crippen molar-refractivity contribution < 1.29 is 27.8 Å². The molecule has 5 nitrogen and oxygen atoms in total. The van der Waals surface area contributed by atoms with Crippen LogP contribution in [0.1, 0.15) is 0 Å². The number of ether oxygens (including phenoxy) is 1. The molecule has 0 unspecified atom stereocenters. The molecule has 0 saturated carbocycles. The third kappa shape index (κ3) is 5.35. The highest BCUT2D eigenvalue weighted by Gasteiger charge is 2.32. The number of hydrogen-bond donors (Lipinski definition) is 2.